The maximum Gasteiger partial charge on any atom is 0.115 e. The lowest BCUT2D eigenvalue weighted by molar-refractivity contribution is 0.112. The number of benzene rings is 1. The second-order valence-electron chi connectivity index (χ2n) is 3.09. The summed E-state index contributed by atoms with van der Waals surface area (Å²) in [6, 6.07) is 7.25. The van der Waals surface area contributed by atoms with Gasteiger partial charge in [-0.25, -0.2) is 0 Å². The minimum atomic E-state index is 0.255. The van der Waals surface area contributed by atoms with Crippen molar-refractivity contribution in [1.82, 2.24) is 0 Å². The van der Waals surface area contributed by atoms with Crippen molar-refractivity contribution in [3.05, 3.63) is 29.8 Å². The lowest BCUT2D eigenvalue weighted by atomic mass is 10.1. The highest BCUT2D eigenvalue weighted by Gasteiger charge is 2.16. The van der Waals surface area contributed by atoms with E-state index in [1.165, 1.54) is 5.56 Å². The van der Waals surface area contributed by atoms with Crippen molar-refractivity contribution in [3.8, 4) is 5.75 Å². The number of phenolic OH excluding ortho intramolecular Hbond substituents is 1. The van der Waals surface area contributed by atoms with Crippen LogP contribution in [0.2, 0.25) is 0 Å². The summed E-state index contributed by atoms with van der Waals surface area (Å²) in [4.78, 5) is 0. The molecule has 0 saturated carbocycles. The molecule has 0 aliphatic carbocycles. The quantitative estimate of drug-likeness (QED) is 0.689. The SMILES string of the molecule is Oc1ccc(C2CCCO2)cc1. The van der Waals surface area contributed by atoms with Crippen LogP contribution in [0.4, 0.5) is 0 Å². The van der Waals surface area contributed by atoms with Gasteiger partial charge in [0.2, 0.25) is 0 Å². The Kier molecular flexibility index (Phi) is 2.00. The first-order chi connectivity index (χ1) is 5.86. The van der Waals surface area contributed by atoms with Gasteiger partial charge >= 0.3 is 0 Å². The fourth-order valence-electron chi connectivity index (χ4n) is 1.53. The highest BCUT2D eigenvalue weighted by Crippen LogP contribution is 2.28. The van der Waals surface area contributed by atoms with Crippen LogP contribution in [-0.4, -0.2) is 11.7 Å². The van der Waals surface area contributed by atoms with Crippen LogP contribution in [0.5, 0.6) is 5.75 Å². The van der Waals surface area contributed by atoms with Gasteiger partial charge < -0.3 is 9.84 Å². The van der Waals surface area contributed by atoms with Gasteiger partial charge in [-0.15, -0.1) is 0 Å². The standard InChI is InChI=1S/C10H12O2/c11-9-5-3-8(4-6-9)10-2-1-7-12-10/h3-6,10-11H,1-2,7H2. The van der Waals surface area contributed by atoms with Gasteiger partial charge in [-0.3, -0.25) is 0 Å². The molecule has 12 heavy (non-hydrogen) atoms. The fraction of sp³-hybridized carbons (Fsp3) is 0.400. The van der Waals surface area contributed by atoms with E-state index in [1.54, 1.807) is 12.1 Å². The van der Waals surface area contributed by atoms with Crippen LogP contribution in [0.15, 0.2) is 24.3 Å². The maximum absolute atomic E-state index is 9.06. The average molecular weight is 164 g/mol. The van der Waals surface area contributed by atoms with Crippen molar-refractivity contribution in [2.45, 2.75) is 18.9 Å². The van der Waals surface area contributed by atoms with E-state index in [1.807, 2.05) is 12.1 Å². The van der Waals surface area contributed by atoms with Gasteiger partial charge in [0, 0.05) is 6.61 Å². The molecule has 1 atom stereocenters. The molecule has 1 N–H and O–H groups in total. The van der Waals surface area contributed by atoms with Gasteiger partial charge in [0.15, 0.2) is 0 Å². The lowest BCUT2D eigenvalue weighted by Gasteiger charge is -2.08. The van der Waals surface area contributed by atoms with E-state index in [0.717, 1.165) is 19.4 Å². The summed E-state index contributed by atoms with van der Waals surface area (Å²) in [7, 11) is 0. The fourth-order valence-corrected chi connectivity index (χ4v) is 1.53. The molecule has 2 rings (SSSR count). The summed E-state index contributed by atoms with van der Waals surface area (Å²) in [5.74, 6) is 0.316. The molecule has 0 amide bonds. The van der Waals surface area contributed by atoms with Crippen LogP contribution in [0, 0.1) is 0 Å². The van der Waals surface area contributed by atoms with Crippen LogP contribution in [0.3, 0.4) is 0 Å². The van der Waals surface area contributed by atoms with Crippen LogP contribution >= 0.6 is 0 Å². The Morgan fingerprint density at radius 3 is 2.58 bits per heavy atom. The van der Waals surface area contributed by atoms with Gasteiger partial charge in [0.1, 0.15) is 5.75 Å². The molecule has 0 bridgehead atoms. The van der Waals surface area contributed by atoms with Crippen LogP contribution in [0.25, 0.3) is 0 Å². The molecule has 1 aliphatic heterocycles. The first-order valence-electron chi connectivity index (χ1n) is 4.27. The molecule has 0 aromatic heterocycles. The number of ether oxygens (including phenoxy) is 1. The third-order valence-electron chi connectivity index (χ3n) is 2.19. The Hall–Kier alpha value is -1.02. The van der Waals surface area contributed by atoms with E-state index in [0.29, 0.717) is 5.75 Å². The van der Waals surface area contributed by atoms with Crippen LogP contribution < -0.4 is 0 Å². The number of hydrogen-bond acceptors (Lipinski definition) is 2. The zero-order valence-electron chi connectivity index (χ0n) is 6.86. The van der Waals surface area contributed by atoms with E-state index in [4.69, 9.17) is 9.84 Å². The van der Waals surface area contributed by atoms with E-state index in [2.05, 4.69) is 0 Å². The van der Waals surface area contributed by atoms with Gasteiger partial charge in [0.05, 0.1) is 6.10 Å². The Bertz CT molecular complexity index is 247. The van der Waals surface area contributed by atoms with Crippen molar-refractivity contribution >= 4 is 0 Å². The zero-order valence-corrected chi connectivity index (χ0v) is 6.86. The first kappa shape index (κ1) is 7.62. The molecule has 64 valence electrons. The molecule has 1 fully saturated rings. The van der Waals surface area contributed by atoms with Crippen LogP contribution in [0.1, 0.15) is 24.5 Å². The predicted molar refractivity (Wildman–Crippen MR) is 46.0 cm³/mol. The van der Waals surface area contributed by atoms with E-state index in [-0.39, 0.29) is 6.10 Å². The average Bonchev–Trinajstić information content (AvgIpc) is 2.58. The summed E-state index contributed by atoms with van der Waals surface area (Å²) >= 11 is 0. The Labute approximate surface area is 71.8 Å². The molecule has 1 aromatic rings. The van der Waals surface area contributed by atoms with Crippen molar-refractivity contribution in [1.29, 1.82) is 0 Å². The van der Waals surface area contributed by atoms with E-state index < -0.39 is 0 Å². The number of phenols is 1. The molecule has 0 radical (unpaired) electrons. The highest BCUT2D eigenvalue weighted by molar-refractivity contribution is 5.27. The molecular weight excluding hydrogens is 152 g/mol. The molecule has 1 saturated heterocycles. The van der Waals surface area contributed by atoms with Gasteiger partial charge in [-0.05, 0) is 30.5 Å². The summed E-state index contributed by atoms with van der Waals surface area (Å²) in [5.41, 5.74) is 1.17. The lowest BCUT2D eigenvalue weighted by Crippen LogP contribution is -1.94. The Morgan fingerprint density at radius 1 is 1.25 bits per heavy atom. The molecule has 1 unspecified atom stereocenters. The number of rotatable bonds is 1. The molecule has 1 heterocycles. The minimum absolute atomic E-state index is 0.255. The van der Waals surface area contributed by atoms with E-state index in [9.17, 15) is 0 Å². The van der Waals surface area contributed by atoms with Crippen molar-refractivity contribution in [3.63, 3.8) is 0 Å². The van der Waals surface area contributed by atoms with Gasteiger partial charge in [0.25, 0.3) is 0 Å². The Morgan fingerprint density at radius 2 is 2.00 bits per heavy atom. The van der Waals surface area contributed by atoms with Crippen LogP contribution in [-0.2, 0) is 4.74 Å². The summed E-state index contributed by atoms with van der Waals surface area (Å²) in [6.07, 6.45) is 2.50. The summed E-state index contributed by atoms with van der Waals surface area (Å²) in [6.45, 7) is 0.867. The highest BCUT2D eigenvalue weighted by atomic mass is 16.5. The topological polar surface area (TPSA) is 29.5 Å². The van der Waals surface area contributed by atoms with E-state index >= 15 is 0 Å². The third kappa shape index (κ3) is 1.43. The van der Waals surface area contributed by atoms with Crippen molar-refractivity contribution < 1.29 is 9.84 Å². The molecule has 2 heteroatoms. The maximum atomic E-state index is 9.06. The summed E-state index contributed by atoms with van der Waals surface area (Å²) < 4.78 is 5.50. The monoisotopic (exact) mass is 164 g/mol. The van der Waals surface area contributed by atoms with Crippen molar-refractivity contribution in [2.75, 3.05) is 6.61 Å². The molecule has 1 aromatic carbocycles. The van der Waals surface area contributed by atoms with Crippen molar-refractivity contribution in [2.24, 2.45) is 0 Å². The summed E-state index contributed by atoms with van der Waals surface area (Å²) in [5, 5.41) is 9.06. The number of hydrogen-bond donors (Lipinski definition) is 1. The predicted octanol–water partition coefficient (Wildman–Crippen LogP) is 2.24. The number of aromatic hydroxyl groups is 1. The second-order valence-corrected chi connectivity index (χ2v) is 3.09. The van der Waals surface area contributed by atoms with Gasteiger partial charge in [-0.2, -0.15) is 0 Å². The minimum Gasteiger partial charge on any atom is -0.508 e. The second kappa shape index (κ2) is 3.15. The van der Waals surface area contributed by atoms with Gasteiger partial charge in [-0.1, -0.05) is 12.1 Å². The largest absolute Gasteiger partial charge is 0.508 e. The molecule has 2 nitrogen and oxygen atoms in total. The smallest absolute Gasteiger partial charge is 0.115 e. The Balaban J connectivity index is 2.17. The third-order valence-corrected chi connectivity index (χ3v) is 2.19. The molecular formula is C10H12O2. The first-order valence-corrected chi connectivity index (χ1v) is 4.27. The zero-order chi connectivity index (χ0) is 8.39. The normalized spacial score (nSPS) is 22.8. The molecule has 0 spiro atoms. The molecule has 1 aliphatic rings.